The molecule has 0 aliphatic rings. The first-order valence-electron chi connectivity index (χ1n) is 6.84. The van der Waals surface area contributed by atoms with E-state index in [1.54, 1.807) is 18.2 Å². The minimum absolute atomic E-state index is 0.0380. The summed E-state index contributed by atoms with van der Waals surface area (Å²) < 4.78 is 10.2. The molecule has 0 atom stereocenters. The number of benzene rings is 2. The largest absolute Gasteiger partial charge is 0.496 e. The molecule has 2 aromatic carbocycles. The van der Waals surface area contributed by atoms with Crippen LogP contribution >= 0.6 is 0 Å². The zero-order valence-electron chi connectivity index (χ0n) is 12.7. The van der Waals surface area contributed by atoms with Gasteiger partial charge in [0, 0.05) is 5.56 Å². The number of ether oxygens (including phenoxy) is 2. The van der Waals surface area contributed by atoms with Crippen molar-refractivity contribution in [1.29, 1.82) is 0 Å². The number of anilines is 1. The van der Waals surface area contributed by atoms with Crippen molar-refractivity contribution in [2.75, 3.05) is 19.0 Å². The topological polar surface area (TPSA) is 108 Å². The highest BCUT2D eigenvalue weighted by molar-refractivity contribution is 5.94. The van der Waals surface area contributed by atoms with E-state index >= 15 is 0 Å². The molecule has 0 aliphatic heterocycles. The van der Waals surface area contributed by atoms with Gasteiger partial charge in [-0.15, -0.1) is 0 Å². The summed E-state index contributed by atoms with van der Waals surface area (Å²) in [5.74, 6) is 0.0837. The summed E-state index contributed by atoms with van der Waals surface area (Å²) in [6, 6.07) is 10.4. The number of nitro groups is 1. The summed E-state index contributed by atoms with van der Waals surface area (Å²) in [5, 5.41) is 13.5. The lowest BCUT2D eigenvalue weighted by molar-refractivity contribution is -0.384. The number of aldehydes is 1. The highest BCUT2D eigenvalue weighted by Crippen LogP contribution is 2.28. The molecule has 8 nitrogen and oxygen atoms in total. The average Bonchev–Trinajstić information content (AvgIpc) is 2.60. The molecule has 0 saturated carbocycles. The fourth-order valence-corrected chi connectivity index (χ4v) is 1.91. The molecule has 1 N–H and O–H groups in total. The lowest BCUT2D eigenvalue weighted by Gasteiger charge is -2.09. The zero-order chi connectivity index (χ0) is 17.5. The van der Waals surface area contributed by atoms with Crippen molar-refractivity contribution in [3.05, 3.63) is 58.1 Å². The van der Waals surface area contributed by atoms with Gasteiger partial charge in [0.15, 0.2) is 6.61 Å². The average molecular weight is 330 g/mol. The van der Waals surface area contributed by atoms with E-state index in [2.05, 4.69) is 5.32 Å². The first kappa shape index (κ1) is 16.9. The van der Waals surface area contributed by atoms with Crippen LogP contribution in [0.4, 0.5) is 11.4 Å². The van der Waals surface area contributed by atoms with Gasteiger partial charge in [0.25, 0.3) is 11.6 Å². The van der Waals surface area contributed by atoms with Gasteiger partial charge in [-0.25, -0.2) is 0 Å². The van der Waals surface area contributed by atoms with Gasteiger partial charge in [0.2, 0.25) is 0 Å². The van der Waals surface area contributed by atoms with Crippen molar-refractivity contribution in [1.82, 2.24) is 0 Å². The Balaban J connectivity index is 2.04. The molecule has 0 saturated heterocycles. The molecule has 1 amide bonds. The molecule has 24 heavy (non-hydrogen) atoms. The fraction of sp³-hybridized carbons (Fsp3) is 0.125. The summed E-state index contributed by atoms with van der Waals surface area (Å²) in [6.07, 6.45) is 0.660. The maximum atomic E-state index is 11.9. The molecule has 124 valence electrons. The van der Waals surface area contributed by atoms with Gasteiger partial charge in [0.1, 0.15) is 23.5 Å². The number of carbonyl (C=O) groups excluding carboxylic acids is 2. The second-order valence-electron chi connectivity index (χ2n) is 4.67. The smallest absolute Gasteiger partial charge is 0.296 e. The molecule has 0 aliphatic carbocycles. The first-order chi connectivity index (χ1) is 11.5. The molecule has 0 bridgehead atoms. The van der Waals surface area contributed by atoms with Crippen LogP contribution in [0, 0.1) is 10.1 Å². The molecule has 0 heterocycles. The summed E-state index contributed by atoms with van der Waals surface area (Å²) in [6.45, 7) is -0.356. The maximum Gasteiger partial charge on any atom is 0.296 e. The maximum absolute atomic E-state index is 11.9. The molecule has 2 rings (SSSR count). The highest BCUT2D eigenvalue weighted by Gasteiger charge is 2.17. The number of nitrogens with one attached hydrogen (secondary N) is 1. The van der Waals surface area contributed by atoms with Crippen LogP contribution in [-0.4, -0.2) is 30.8 Å². The number of carbonyl (C=O) groups is 2. The summed E-state index contributed by atoms with van der Waals surface area (Å²) in [7, 11) is 1.39. The predicted octanol–water partition coefficient (Wildman–Crippen LogP) is 2.43. The summed E-state index contributed by atoms with van der Waals surface area (Å²) >= 11 is 0. The number of methoxy groups -OCH3 is 1. The third-order valence-electron chi connectivity index (χ3n) is 3.04. The minimum Gasteiger partial charge on any atom is -0.496 e. The van der Waals surface area contributed by atoms with Gasteiger partial charge in [-0.2, -0.15) is 0 Å². The van der Waals surface area contributed by atoms with E-state index in [9.17, 15) is 19.7 Å². The second kappa shape index (κ2) is 7.73. The molecule has 0 radical (unpaired) electrons. The molecule has 8 heteroatoms. The Kier molecular flexibility index (Phi) is 5.45. The van der Waals surface area contributed by atoms with Crippen LogP contribution in [0.25, 0.3) is 0 Å². The summed E-state index contributed by atoms with van der Waals surface area (Å²) in [5.41, 5.74) is 0.167. The molecule has 0 spiro atoms. The Morgan fingerprint density at radius 3 is 2.71 bits per heavy atom. The van der Waals surface area contributed by atoms with Gasteiger partial charge < -0.3 is 14.8 Å². The fourth-order valence-electron chi connectivity index (χ4n) is 1.91. The van der Waals surface area contributed by atoms with Crippen molar-refractivity contribution < 1.29 is 24.0 Å². The molecule has 0 fully saturated rings. The van der Waals surface area contributed by atoms with Crippen LogP contribution in [-0.2, 0) is 4.79 Å². The van der Waals surface area contributed by atoms with E-state index in [-0.39, 0.29) is 18.0 Å². The zero-order valence-corrected chi connectivity index (χ0v) is 12.7. The minimum atomic E-state index is -0.619. The number of hydrogen-bond donors (Lipinski definition) is 1. The van der Waals surface area contributed by atoms with Crippen LogP contribution in [0.2, 0.25) is 0 Å². The van der Waals surface area contributed by atoms with Crippen LogP contribution in [0.15, 0.2) is 42.5 Å². The SMILES string of the molecule is COc1ccc(NC(=O)COc2cccc(C=O)c2)c([N+](=O)[O-])c1. The van der Waals surface area contributed by atoms with Crippen molar-refractivity contribution in [3.8, 4) is 11.5 Å². The molecule has 0 unspecified atom stereocenters. The second-order valence-corrected chi connectivity index (χ2v) is 4.67. The molecular weight excluding hydrogens is 316 g/mol. The van der Waals surface area contributed by atoms with Crippen LogP contribution < -0.4 is 14.8 Å². The highest BCUT2D eigenvalue weighted by atomic mass is 16.6. The Labute approximate surface area is 137 Å². The number of rotatable bonds is 7. The van der Waals surface area contributed by atoms with Crippen molar-refractivity contribution in [3.63, 3.8) is 0 Å². The Morgan fingerprint density at radius 2 is 2.04 bits per heavy atom. The lowest BCUT2D eigenvalue weighted by atomic mass is 10.2. The van der Waals surface area contributed by atoms with Crippen LogP contribution in [0.1, 0.15) is 10.4 Å². The van der Waals surface area contributed by atoms with Crippen LogP contribution in [0.5, 0.6) is 11.5 Å². The van der Waals surface area contributed by atoms with Crippen molar-refractivity contribution in [2.45, 2.75) is 0 Å². The third kappa shape index (κ3) is 4.29. The van der Waals surface area contributed by atoms with E-state index < -0.39 is 10.8 Å². The molecule has 2 aromatic rings. The lowest BCUT2D eigenvalue weighted by Crippen LogP contribution is -2.20. The summed E-state index contributed by atoms with van der Waals surface area (Å²) in [4.78, 5) is 33.0. The number of amides is 1. The van der Waals surface area contributed by atoms with Crippen LogP contribution in [0.3, 0.4) is 0 Å². The van der Waals surface area contributed by atoms with E-state index in [1.807, 2.05) is 0 Å². The number of nitro benzene ring substituents is 1. The first-order valence-corrected chi connectivity index (χ1v) is 6.84. The van der Waals surface area contributed by atoms with E-state index in [0.717, 1.165) is 0 Å². The Hall–Kier alpha value is -3.42. The van der Waals surface area contributed by atoms with Gasteiger partial charge in [-0.1, -0.05) is 12.1 Å². The predicted molar refractivity (Wildman–Crippen MR) is 85.6 cm³/mol. The monoisotopic (exact) mass is 330 g/mol. The van der Waals surface area contributed by atoms with E-state index in [1.165, 1.54) is 31.4 Å². The van der Waals surface area contributed by atoms with E-state index in [4.69, 9.17) is 9.47 Å². The Bertz CT molecular complexity index is 775. The molecule has 0 aromatic heterocycles. The van der Waals surface area contributed by atoms with Gasteiger partial charge >= 0.3 is 0 Å². The number of nitrogens with zero attached hydrogens (tertiary/aromatic N) is 1. The van der Waals surface area contributed by atoms with Gasteiger partial charge in [-0.05, 0) is 24.3 Å². The Morgan fingerprint density at radius 1 is 1.25 bits per heavy atom. The van der Waals surface area contributed by atoms with Crippen molar-refractivity contribution >= 4 is 23.6 Å². The molecular formula is C16H14N2O6. The number of hydrogen-bond acceptors (Lipinski definition) is 6. The quantitative estimate of drug-likeness (QED) is 0.474. The van der Waals surface area contributed by atoms with E-state index in [0.29, 0.717) is 23.3 Å². The third-order valence-corrected chi connectivity index (χ3v) is 3.04. The normalized spacial score (nSPS) is 9.88. The van der Waals surface area contributed by atoms with Gasteiger partial charge in [0.05, 0.1) is 18.1 Å². The standard InChI is InChI=1S/C16H14N2O6/c1-23-12-5-6-14(15(8-12)18(21)22)17-16(20)10-24-13-4-2-3-11(7-13)9-19/h2-9H,10H2,1H3,(H,17,20). The van der Waals surface area contributed by atoms with Crippen molar-refractivity contribution in [2.24, 2.45) is 0 Å². The van der Waals surface area contributed by atoms with Gasteiger partial charge in [-0.3, -0.25) is 19.7 Å².